The van der Waals surface area contributed by atoms with Crippen molar-refractivity contribution in [3.8, 4) is 0 Å². The average Bonchev–Trinajstić information content (AvgIpc) is 2.15. The minimum atomic E-state index is -2.37. The van der Waals surface area contributed by atoms with E-state index in [0.717, 1.165) is 0 Å². The van der Waals surface area contributed by atoms with E-state index < -0.39 is 6.43 Å². The fraction of sp³-hybridized carbons (Fsp3) is 0.222. The largest absolute Gasteiger partial charge is 0.379 e. The van der Waals surface area contributed by atoms with Gasteiger partial charge in [0.1, 0.15) is 6.29 Å². The molecule has 0 spiro atoms. The maximum absolute atomic E-state index is 11.7. The van der Waals surface area contributed by atoms with Crippen LogP contribution < -0.4 is 5.32 Å². The van der Waals surface area contributed by atoms with Crippen molar-refractivity contribution in [3.05, 3.63) is 29.8 Å². The van der Waals surface area contributed by atoms with E-state index in [1.54, 1.807) is 24.3 Å². The highest BCUT2D eigenvalue weighted by atomic mass is 19.3. The Hall–Kier alpha value is -1.45. The minimum Gasteiger partial charge on any atom is -0.379 e. The molecule has 1 aromatic carbocycles. The topological polar surface area (TPSA) is 29.1 Å². The Kier molecular flexibility index (Phi) is 3.37. The standard InChI is InChI=1S/C9H9F2NO/c10-9(11)5-12-8-3-1-7(6-13)2-4-8/h1-4,6,9,12H,5H2. The number of aldehydes is 1. The summed E-state index contributed by atoms with van der Waals surface area (Å²) in [5, 5.41) is 2.53. The van der Waals surface area contributed by atoms with Crippen molar-refractivity contribution in [1.82, 2.24) is 0 Å². The van der Waals surface area contributed by atoms with Crippen LogP contribution in [0.1, 0.15) is 10.4 Å². The third kappa shape index (κ3) is 3.19. The van der Waals surface area contributed by atoms with Crippen molar-refractivity contribution < 1.29 is 13.6 Å². The molecule has 0 atom stereocenters. The summed E-state index contributed by atoms with van der Waals surface area (Å²) in [7, 11) is 0. The summed E-state index contributed by atoms with van der Waals surface area (Å²) < 4.78 is 23.5. The monoisotopic (exact) mass is 185 g/mol. The summed E-state index contributed by atoms with van der Waals surface area (Å²) in [6.45, 7) is -0.375. The molecule has 1 aromatic rings. The second-order valence-electron chi connectivity index (χ2n) is 2.51. The number of benzene rings is 1. The van der Waals surface area contributed by atoms with E-state index in [1.807, 2.05) is 0 Å². The molecule has 0 radical (unpaired) electrons. The molecule has 0 bridgehead atoms. The van der Waals surface area contributed by atoms with Gasteiger partial charge >= 0.3 is 0 Å². The van der Waals surface area contributed by atoms with Gasteiger partial charge in [-0.25, -0.2) is 8.78 Å². The molecule has 0 saturated carbocycles. The smallest absolute Gasteiger partial charge is 0.255 e. The maximum atomic E-state index is 11.7. The molecule has 0 saturated heterocycles. The first-order chi connectivity index (χ1) is 6.22. The zero-order valence-electron chi connectivity index (χ0n) is 6.84. The van der Waals surface area contributed by atoms with Gasteiger partial charge in [-0.15, -0.1) is 0 Å². The predicted octanol–water partition coefficient (Wildman–Crippen LogP) is 2.18. The average molecular weight is 185 g/mol. The normalized spacial score (nSPS) is 10.1. The van der Waals surface area contributed by atoms with Crippen LogP contribution in [0.25, 0.3) is 0 Å². The molecule has 2 nitrogen and oxygen atoms in total. The molecule has 0 aliphatic carbocycles. The van der Waals surface area contributed by atoms with E-state index in [2.05, 4.69) is 5.32 Å². The number of carbonyl (C=O) groups is 1. The predicted molar refractivity (Wildman–Crippen MR) is 46.3 cm³/mol. The number of alkyl halides is 2. The molecule has 13 heavy (non-hydrogen) atoms. The number of hydrogen-bond acceptors (Lipinski definition) is 2. The van der Waals surface area contributed by atoms with Gasteiger partial charge < -0.3 is 5.32 Å². The van der Waals surface area contributed by atoms with Crippen LogP contribution in [-0.2, 0) is 0 Å². The van der Waals surface area contributed by atoms with E-state index in [0.29, 0.717) is 17.5 Å². The quantitative estimate of drug-likeness (QED) is 0.728. The van der Waals surface area contributed by atoms with Crippen LogP contribution in [0.3, 0.4) is 0 Å². The van der Waals surface area contributed by atoms with Crippen molar-refractivity contribution in [1.29, 1.82) is 0 Å². The van der Waals surface area contributed by atoms with Crippen LogP contribution in [0.4, 0.5) is 14.5 Å². The van der Waals surface area contributed by atoms with Crippen molar-refractivity contribution in [3.63, 3.8) is 0 Å². The molecule has 4 heteroatoms. The van der Waals surface area contributed by atoms with Crippen molar-refractivity contribution in [2.24, 2.45) is 0 Å². The summed E-state index contributed by atoms with van der Waals surface area (Å²) in [6.07, 6.45) is -1.66. The lowest BCUT2D eigenvalue weighted by Crippen LogP contribution is -2.09. The number of halogens is 2. The van der Waals surface area contributed by atoms with Crippen LogP contribution in [-0.4, -0.2) is 19.3 Å². The Morgan fingerprint density at radius 1 is 1.31 bits per heavy atom. The van der Waals surface area contributed by atoms with Crippen LogP contribution in [0.15, 0.2) is 24.3 Å². The molecule has 0 aromatic heterocycles. The van der Waals surface area contributed by atoms with Crippen LogP contribution >= 0.6 is 0 Å². The van der Waals surface area contributed by atoms with Gasteiger partial charge in [0.25, 0.3) is 6.43 Å². The highest BCUT2D eigenvalue weighted by Gasteiger charge is 2.00. The van der Waals surface area contributed by atoms with Gasteiger partial charge in [-0.2, -0.15) is 0 Å². The molecule has 1 rings (SSSR count). The van der Waals surface area contributed by atoms with Gasteiger partial charge in [0, 0.05) is 11.3 Å². The van der Waals surface area contributed by atoms with Crippen molar-refractivity contribution in [2.45, 2.75) is 6.43 Å². The van der Waals surface area contributed by atoms with Crippen molar-refractivity contribution in [2.75, 3.05) is 11.9 Å². The molecular formula is C9H9F2NO. The summed E-state index contributed by atoms with van der Waals surface area (Å²) >= 11 is 0. The van der Waals surface area contributed by atoms with Gasteiger partial charge in [0.2, 0.25) is 0 Å². The van der Waals surface area contributed by atoms with Crippen molar-refractivity contribution >= 4 is 12.0 Å². The molecular weight excluding hydrogens is 176 g/mol. The molecule has 0 amide bonds. The third-order valence-electron chi connectivity index (χ3n) is 1.51. The lowest BCUT2D eigenvalue weighted by Gasteiger charge is -2.04. The Balaban J connectivity index is 2.54. The van der Waals surface area contributed by atoms with Gasteiger partial charge in [-0.3, -0.25) is 4.79 Å². The van der Waals surface area contributed by atoms with E-state index >= 15 is 0 Å². The first-order valence-corrected chi connectivity index (χ1v) is 3.79. The Labute approximate surface area is 74.6 Å². The van der Waals surface area contributed by atoms with Crippen LogP contribution in [0.5, 0.6) is 0 Å². The fourth-order valence-corrected chi connectivity index (χ4v) is 0.875. The SMILES string of the molecule is O=Cc1ccc(NCC(F)F)cc1. The summed E-state index contributed by atoms with van der Waals surface area (Å²) in [4.78, 5) is 10.2. The zero-order chi connectivity index (χ0) is 9.68. The van der Waals surface area contributed by atoms with Crippen LogP contribution in [0.2, 0.25) is 0 Å². The minimum absolute atomic E-state index is 0.375. The Morgan fingerprint density at radius 3 is 2.38 bits per heavy atom. The second-order valence-corrected chi connectivity index (χ2v) is 2.51. The molecule has 1 N–H and O–H groups in total. The van der Waals surface area contributed by atoms with E-state index in [4.69, 9.17) is 0 Å². The van der Waals surface area contributed by atoms with Gasteiger partial charge in [0.15, 0.2) is 0 Å². The molecule has 70 valence electrons. The van der Waals surface area contributed by atoms with Gasteiger partial charge in [0.05, 0.1) is 6.54 Å². The van der Waals surface area contributed by atoms with Gasteiger partial charge in [-0.1, -0.05) is 0 Å². The Morgan fingerprint density at radius 2 is 1.92 bits per heavy atom. The first-order valence-electron chi connectivity index (χ1n) is 3.79. The number of nitrogens with one attached hydrogen (secondary N) is 1. The number of anilines is 1. The lowest BCUT2D eigenvalue weighted by molar-refractivity contribution is 0.112. The summed E-state index contributed by atoms with van der Waals surface area (Å²) in [5.74, 6) is 0. The highest BCUT2D eigenvalue weighted by molar-refractivity contribution is 5.75. The highest BCUT2D eigenvalue weighted by Crippen LogP contribution is 2.08. The number of hydrogen-bond donors (Lipinski definition) is 1. The molecule has 0 unspecified atom stereocenters. The molecule has 0 aliphatic heterocycles. The summed E-state index contributed by atoms with van der Waals surface area (Å²) in [6, 6.07) is 6.32. The third-order valence-corrected chi connectivity index (χ3v) is 1.51. The van der Waals surface area contributed by atoms with E-state index in [1.165, 1.54) is 0 Å². The van der Waals surface area contributed by atoms with E-state index in [9.17, 15) is 13.6 Å². The second kappa shape index (κ2) is 4.54. The fourth-order valence-electron chi connectivity index (χ4n) is 0.875. The van der Waals surface area contributed by atoms with E-state index in [-0.39, 0.29) is 6.54 Å². The number of rotatable bonds is 4. The maximum Gasteiger partial charge on any atom is 0.255 e. The Bertz CT molecular complexity index is 271. The summed E-state index contributed by atoms with van der Waals surface area (Å²) in [5.41, 5.74) is 1.12. The van der Waals surface area contributed by atoms with Crippen LogP contribution in [0, 0.1) is 0 Å². The zero-order valence-corrected chi connectivity index (χ0v) is 6.84. The lowest BCUT2D eigenvalue weighted by atomic mass is 10.2. The molecule has 0 aliphatic rings. The molecule has 0 fully saturated rings. The number of carbonyl (C=O) groups excluding carboxylic acids is 1. The molecule has 0 heterocycles. The first kappa shape index (κ1) is 9.64. The van der Waals surface area contributed by atoms with Gasteiger partial charge in [-0.05, 0) is 24.3 Å².